The highest BCUT2D eigenvalue weighted by Crippen LogP contribution is 2.37. The van der Waals surface area contributed by atoms with Gasteiger partial charge in [0.05, 0.1) is 6.10 Å². The van der Waals surface area contributed by atoms with Gasteiger partial charge >= 0.3 is 0 Å². The summed E-state index contributed by atoms with van der Waals surface area (Å²) in [7, 11) is 0. The summed E-state index contributed by atoms with van der Waals surface area (Å²) >= 11 is 0. The Bertz CT molecular complexity index is 306. The van der Waals surface area contributed by atoms with E-state index in [4.69, 9.17) is 0 Å². The molecule has 1 aliphatic rings. The van der Waals surface area contributed by atoms with Crippen LogP contribution in [0.5, 0.6) is 0 Å². The van der Waals surface area contributed by atoms with Crippen LogP contribution in [0.3, 0.4) is 0 Å². The molecule has 0 radical (unpaired) electrons. The van der Waals surface area contributed by atoms with Gasteiger partial charge in [0, 0.05) is 0 Å². The minimum Gasteiger partial charge on any atom is -0.388 e. The molecule has 0 aliphatic heterocycles. The van der Waals surface area contributed by atoms with Crippen LogP contribution >= 0.6 is 0 Å². The molecule has 1 fully saturated rings. The molecule has 2 rings (SSSR count). The van der Waals surface area contributed by atoms with Gasteiger partial charge in [0.2, 0.25) is 0 Å². The lowest BCUT2D eigenvalue weighted by Crippen LogP contribution is -1.99. The molecule has 1 atom stereocenters. The van der Waals surface area contributed by atoms with E-state index in [1.807, 2.05) is 0 Å². The molecular weight excluding hydrogens is 172 g/mol. The predicted molar refractivity (Wildman–Crippen MR) is 58.2 cm³/mol. The topological polar surface area (TPSA) is 20.2 Å². The Morgan fingerprint density at radius 3 is 2.29 bits per heavy atom. The Morgan fingerprint density at radius 2 is 1.79 bits per heavy atom. The van der Waals surface area contributed by atoms with Crippen LogP contribution in [0.4, 0.5) is 0 Å². The lowest BCUT2D eigenvalue weighted by molar-refractivity contribution is 0.160. The molecule has 0 saturated heterocycles. The summed E-state index contributed by atoms with van der Waals surface area (Å²) in [6, 6.07) is 6.34. The average Bonchev–Trinajstić information content (AvgIpc) is 2.86. The molecule has 1 aromatic carbocycles. The molecule has 1 saturated carbocycles. The van der Waals surface area contributed by atoms with E-state index in [9.17, 15) is 5.11 Å². The third kappa shape index (κ3) is 2.36. The molecule has 1 aromatic rings. The summed E-state index contributed by atoms with van der Waals surface area (Å²) in [5, 5.41) is 9.98. The molecule has 0 bridgehead atoms. The SMILES string of the molecule is Cc1cc(C)cc(C(O)CC2CC2)c1. The molecule has 1 aliphatic carbocycles. The second-order valence-electron chi connectivity index (χ2n) is 4.62. The Kier molecular flexibility index (Phi) is 2.60. The first kappa shape index (κ1) is 9.72. The Hall–Kier alpha value is -0.820. The van der Waals surface area contributed by atoms with E-state index in [0.29, 0.717) is 0 Å². The molecule has 1 unspecified atom stereocenters. The summed E-state index contributed by atoms with van der Waals surface area (Å²) in [6.45, 7) is 4.17. The Balaban J connectivity index is 2.12. The molecule has 76 valence electrons. The lowest BCUT2D eigenvalue weighted by atomic mass is 10.00. The summed E-state index contributed by atoms with van der Waals surface area (Å²) < 4.78 is 0. The predicted octanol–water partition coefficient (Wildman–Crippen LogP) is 3.14. The highest BCUT2D eigenvalue weighted by Gasteiger charge is 2.25. The molecular formula is C13H18O. The smallest absolute Gasteiger partial charge is 0.0792 e. The van der Waals surface area contributed by atoms with Crippen molar-refractivity contribution in [3.8, 4) is 0 Å². The first-order valence-corrected chi connectivity index (χ1v) is 5.41. The third-order valence-corrected chi connectivity index (χ3v) is 2.88. The van der Waals surface area contributed by atoms with Crippen LogP contribution in [0, 0.1) is 19.8 Å². The number of aliphatic hydroxyl groups excluding tert-OH is 1. The van der Waals surface area contributed by atoms with E-state index in [2.05, 4.69) is 32.0 Å². The van der Waals surface area contributed by atoms with Crippen molar-refractivity contribution in [2.75, 3.05) is 0 Å². The number of aliphatic hydroxyl groups is 1. The quantitative estimate of drug-likeness (QED) is 0.776. The number of benzene rings is 1. The van der Waals surface area contributed by atoms with Gasteiger partial charge in [-0.3, -0.25) is 0 Å². The fraction of sp³-hybridized carbons (Fsp3) is 0.538. The molecule has 14 heavy (non-hydrogen) atoms. The third-order valence-electron chi connectivity index (χ3n) is 2.88. The minimum atomic E-state index is -0.249. The van der Waals surface area contributed by atoms with Crippen molar-refractivity contribution in [1.29, 1.82) is 0 Å². The number of hydrogen-bond acceptors (Lipinski definition) is 1. The molecule has 1 N–H and O–H groups in total. The van der Waals surface area contributed by atoms with Gasteiger partial charge in [-0.15, -0.1) is 0 Å². The van der Waals surface area contributed by atoms with Crippen molar-refractivity contribution in [2.45, 2.75) is 39.2 Å². The summed E-state index contributed by atoms with van der Waals surface area (Å²) in [4.78, 5) is 0. The molecule has 0 aromatic heterocycles. The monoisotopic (exact) mass is 190 g/mol. The highest BCUT2D eigenvalue weighted by molar-refractivity contribution is 5.30. The molecule has 0 spiro atoms. The zero-order valence-electron chi connectivity index (χ0n) is 8.96. The van der Waals surface area contributed by atoms with E-state index in [1.54, 1.807) is 0 Å². The van der Waals surface area contributed by atoms with Gasteiger partial charge in [-0.05, 0) is 31.7 Å². The standard InChI is InChI=1S/C13H18O/c1-9-5-10(2)7-12(6-9)13(14)8-11-3-4-11/h5-7,11,13-14H,3-4,8H2,1-2H3. The molecule has 1 heteroatoms. The normalized spacial score (nSPS) is 18.2. The van der Waals surface area contributed by atoms with Crippen LogP contribution < -0.4 is 0 Å². The van der Waals surface area contributed by atoms with Crippen molar-refractivity contribution < 1.29 is 5.11 Å². The maximum Gasteiger partial charge on any atom is 0.0792 e. The highest BCUT2D eigenvalue weighted by atomic mass is 16.3. The zero-order valence-corrected chi connectivity index (χ0v) is 8.96. The van der Waals surface area contributed by atoms with E-state index in [1.165, 1.54) is 24.0 Å². The van der Waals surface area contributed by atoms with Crippen LogP contribution in [-0.4, -0.2) is 5.11 Å². The van der Waals surface area contributed by atoms with E-state index < -0.39 is 0 Å². The summed E-state index contributed by atoms with van der Waals surface area (Å²) in [6.07, 6.45) is 3.31. The Labute approximate surface area is 85.8 Å². The van der Waals surface area contributed by atoms with Gasteiger partial charge in [0.25, 0.3) is 0 Å². The number of hydrogen-bond donors (Lipinski definition) is 1. The van der Waals surface area contributed by atoms with Gasteiger partial charge in [-0.25, -0.2) is 0 Å². The lowest BCUT2D eigenvalue weighted by Gasteiger charge is -2.12. The maximum atomic E-state index is 9.98. The van der Waals surface area contributed by atoms with Crippen molar-refractivity contribution in [3.05, 3.63) is 34.9 Å². The van der Waals surface area contributed by atoms with Gasteiger partial charge in [-0.2, -0.15) is 0 Å². The van der Waals surface area contributed by atoms with E-state index >= 15 is 0 Å². The van der Waals surface area contributed by atoms with Crippen LogP contribution in [0.25, 0.3) is 0 Å². The molecule has 0 amide bonds. The second-order valence-corrected chi connectivity index (χ2v) is 4.62. The van der Waals surface area contributed by atoms with Crippen molar-refractivity contribution in [3.63, 3.8) is 0 Å². The number of rotatable bonds is 3. The van der Waals surface area contributed by atoms with E-state index in [-0.39, 0.29) is 6.10 Å². The van der Waals surface area contributed by atoms with Gasteiger partial charge in [0.15, 0.2) is 0 Å². The maximum absolute atomic E-state index is 9.98. The van der Waals surface area contributed by atoms with Crippen LogP contribution in [0.2, 0.25) is 0 Å². The van der Waals surface area contributed by atoms with Crippen molar-refractivity contribution >= 4 is 0 Å². The first-order valence-electron chi connectivity index (χ1n) is 5.41. The fourth-order valence-corrected chi connectivity index (χ4v) is 2.01. The van der Waals surface area contributed by atoms with Crippen LogP contribution in [0.1, 0.15) is 42.1 Å². The summed E-state index contributed by atoms with van der Waals surface area (Å²) in [5.74, 6) is 0.783. The molecule has 0 heterocycles. The molecule has 1 nitrogen and oxygen atoms in total. The van der Waals surface area contributed by atoms with Gasteiger partial charge in [0.1, 0.15) is 0 Å². The number of aryl methyl sites for hydroxylation is 2. The fourth-order valence-electron chi connectivity index (χ4n) is 2.01. The van der Waals surface area contributed by atoms with Crippen molar-refractivity contribution in [2.24, 2.45) is 5.92 Å². The van der Waals surface area contributed by atoms with E-state index in [0.717, 1.165) is 17.9 Å². The van der Waals surface area contributed by atoms with Crippen molar-refractivity contribution in [1.82, 2.24) is 0 Å². The van der Waals surface area contributed by atoms with Crippen LogP contribution in [-0.2, 0) is 0 Å². The zero-order chi connectivity index (χ0) is 10.1. The van der Waals surface area contributed by atoms with Gasteiger partial charge < -0.3 is 5.11 Å². The largest absolute Gasteiger partial charge is 0.388 e. The van der Waals surface area contributed by atoms with Crippen LogP contribution in [0.15, 0.2) is 18.2 Å². The summed E-state index contributed by atoms with van der Waals surface area (Å²) in [5.41, 5.74) is 3.58. The Morgan fingerprint density at radius 1 is 1.21 bits per heavy atom. The first-order chi connectivity index (χ1) is 6.65. The van der Waals surface area contributed by atoms with Gasteiger partial charge in [-0.1, -0.05) is 42.2 Å². The minimum absolute atomic E-state index is 0.249. The second kappa shape index (κ2) is 3.74. The average molecular weight is 190 g/mol.